The second-order valence-electron chi connectivity index (χ2n) is 8.27. The Morgan fingerprint density at radius 1 is 1.00 bits per heavy atom. The van der Waals surface area contributed by atoms with Gasteiger partial charge in [0.15, 0.2) is 0 Å². The number of hydrogen-bond acceptors (Lipinski definition) is 9. The van der Waals surface area contributed by atoms with Gasteiger partial charge in [0, 0.05) is 36.8 Å². The molecule has 0 unspecified atom stereocenters. The molecule has 0 aliphatic carbocycles. The van der Waals surface area contributed by atoms with Crippen molar-refractivity contribution in [1.29, 1.82) is 0 Å². The van der Waals surface area contributed by atoms with Gasteiger partial charge in [-0.3, -0.25) is 4.98 Å². The highest BCUT2D eigenvalue weighted by atomic mass is 16.5. The first-order chi connectivity index (χ1) is 18.2. The molecule has 9 heteroatoms. The SMILES string of the molecule is COc1ccc(CNc2cc(N[C@H](CO)c3ccccc3)c(-c3nc(-c4ccncc4)no3)cn2)cc1. The maximum atomic E-state index is 10.2. The lowest BCUT2D eigenvalue weighted by Gasteiger charge is -2.20. The summed E-state index contributed by atoms with van der Waals surface area (Å²) in [5.41, 5.74) is 4.14. The number of aromatic nitrogens is 4. The van der Waals surface area contributed by atoms with E-state index in [4.69, 9.17) is 9.26 Å². The van der Waals surface area contributed by atoms with E-state index >= 15 is 0 Å². The van der Waals surface area contributed by atoms with Crippen LogP contribution in [-0.2, 0) is 6.54 Å². The van der Waals surface area contributed by atoms with E-state index in [0.29, 0.717) is 35.3 Å². The van der Waals surface area contributed by atoms with E-state index in [0.717, 1.165) is 22.4 Å². The van der Waals surface area contributed by atoms with Crippen molar-refractivity contribution in [3.05, 3.63) is 103 Å². The first kappa shape index (κ1) is 24.0. The van der Waals surface area contributed by atoms with Gasteiger partial charge < -0.3 is 25.0 Å². The van der Waals surface area contributed by atoms with Gasteiger partial charge in [0.25, 0.3) is 5.89 Å². The smallest absolute Gasteiger partial charge is 0.261 e. The molecule has 3 heterocycles. The van der Waals surface area contributed by atoms with Crippen molar-refractivity contribution in [2.75, 3.05) is 24.4 Å². The van der Waals surface area contributed by atoms with Crippen LogP contribution in [0.3, 0.4) is 0 Å². The molecule has 5 rings (SSSR count). The van der Waals surface area contributed by atoms with Crippen LogP contribution in [-0.4, -0.2) is 38.9 Å². The highest BCUT2D eigenvalue weighted by Crippen LogP contribution is 2.32. The summed E-state index contributed by atoms with van der Waals surface area (Å²) in [6.07, 6.45) is 5.03. The number of benzene rings is 2. The van der Waals surface area contributed by atoms with Gasteiger partial charge >= 0.3 is 0 Å². The van der Waals surface area contributed by atoms with Gasteiger partial charge in [-0.25, -0.2) is 4.98 Å². The fraction of sp³-hybridized carbons (Fsp3) is 0.143. The summed E-state index contributed by atoms with van der Waals surface area (Å²) >= 11 is 0. The largest absolute Gasteiger partial charge is 0.497 e. The number of anilines is 2. The van der Waals surface area contributed by atoms with Crippen LogP contribution < -0.4 is 15.4 Å². The quantitative estimate of drug-likeness (QED) is 0.247. The van der Waals surface area contributed by atoms with Crippen molar-refractivity contribution in [3.8, 4) is 28.6 Å². The number of aliphatic hydroxyl groups is 1. The first-order valence-electron chi connectivity index (χ1n) is 11.8. The molecule has 3 aromatic heterocycles. The van der Waals surface area contributed by atoms with E-state index < -0.39 is 0 Å². The Bertz CT molecular complexity index is 1430. The Hall–Kier alpha value is -4.76. The zero-order chi connectivity index (χ0) is 25.5. The molecule has 0 bridgehead atoms. The Labute approximate surface area is 214 Å². The lowest BCUT2D eigenvalue weighted by molar-refractivity contribution is 0.276. The highest BCUT2D eigenvalue weighted by Gasteiger charge is 2.19. The molecule has 1 atom stereocenters. The molecule has 0 amide bonds. The lowest BCUT2D eigenvalue weighted by atomic mass is 10.1. The summed E-state index contributed by atoms with van der Waals surface area (Å²) in [4.78, 5) is 13.2. The molecule has 0 saturated heterocycles. The summed E-state index contributed by atoms with van der Waals surface area (Å²) < 4.78 is 10.8. The van der Waals surface area contributed by atoms with Gasteiger partial charge in [-0.05, 0) is 35.4 Å². The lowest BCUT2D eigenvalue weighted by Crippen LogP contribution is -2.16. The molecule has 0 aliphatic heterocycles. The van der Waals surface area contributed by atoms with Crippen LogP contribution in [0.15, 0.2) is 95.9 Å². The van der Waals surface area contributed by atoms with Crippen molar-refractivity contribution in [2.24, 2.45) is 0 Å². The van der Waals surface area contributed by atoms with E-state index in [1.165, 1.54) is 0 Å². The number of nitrogens with one attached hydrogen (secondary N) is 2. The molecule has 5 aromatic rings. The third-order valence-electron chi connectivity index (χ3n) is 5.85. The predicted molar refractivity (Wildman–Crippen MR) is 141 cm³/mol. The average Bonchev–Trinajstić information content (AvgIpc) is 3.46. The average molecular weight is 495 g/mol. The summed E-state index contributed by atoms with van der Waals surface area (Å²) in [6, 6.07) is 22.7. The molecule has 0 saturated carbocycles. The van der Waals surface area contributed by atoms with Crippen LogP contribution in [0.25, 0.3) is 22.8 Å². The van der Waals surface area contributed by atoms with Crippen LogP contribution in [0.2, 0.25) is 0 Å². The standard InChI is InChI=1S/C28H26N6O3/c1-36-22-9-7-19(8-10-22)16-30-26-15-24(32-25(18-35)20-5-3-2-4-6-20)23(17-31-26)28-33-27(34-37-28)21-11-13-29-14-12-21/h2-15,17,25,35H,16,18H2,1H3,(H2,30,31,32)/t25-/m1/s1. The maximum absolute atomic E-state index is 10.2. The molecule has 2 aromatic carbocycles. The molecule has 3 N–H and O–H groups in total. The Morgan fingerprint density at radius 3 is 2.51 bits per heavy atom. The number of nitrogens with zero attached hydrogens (tertiary/aromatic N) is 4. The molecule has 0 radical (unpaired) electrons. The van der Waals surface area contributed by atoms with E-state index in [-0.39, 0.29) is 12.6 Å². The number of pyridine rings is 2. The monoisotopic (exact) mass is 494 g/mol. The summed E-state index contributed by atoms with van der Waals surface area (Å²) in [6.45, 7) is 0.469. The maximum Gasteiger partial charge on any atom is 0.261 e. The molecule has 0 aliphatic rings. The van der Waals surface area contributed by atoms with Crippen LogP contribution >= 0.6 is 0 Å². The third-order valence-corrected chi connectivity index (χ3v) is 5.85. The van der Waals surface area contributed by atoms with Crippen LogP contribution in [0.5, 0.6) is 5.75 Å². The number of hydrogen-bond donors (Lipinski definition) is 3. The van der Waals surface area contributed by atoms with Crippen LogP contribution in [0.4, 0.5) is 11.5 Å². The number of methoxy groups -OCH3 is 1. The van der Waals surface area contributed by atoms with E-state index in [1.807, 2.05) is 72.8 Å². The van der Waals surface area contributed by atoms with Gasteiger partial charge in [0.2, 0.25) is 5.82 Å². The van der Waals surface area contributed by atoms with Gasteiger partial charge in [-0.15, -0.1) is 0 Å². The van der Waals surface area contributed by atoms with E-state index in [1.54, 1.807) is 25.7 Å². The predicted octanol–water partition coefficient (Wildman–Crippen LogP) is 4.96. The molecule has 37 heavy (non-hydrogen) atoms. The van der Waals surface area contributed by atoms with Gasteiger partial charge in [0.05, 0.1) is 31.0 Å². The molecular formula is C28H26N6O3. The zero-order valence-electron chi connectivity index (χ0n) is 20.2. The minimum Gasteiger partial charge on any atom is -0.497 e. The van der Waals surface area contributed by atoms with Gasteiger partial charge in [-0.2, -0.15) is 4.98 Å². The van der Waals surface area contributed by atoms with Crippen molar-refractivity contribution < 1.29 is 14.4 Å². The Balaban J connectivity index is 1.45. The second-order valence-corrected chi connectivity index (χ2v) is 8.27. The van der Waals surface area contributed by atoms with Crippen molar-refractivity contribution in [3.63, 3.8) is 0 Å². The van der Waals surface area contributed by atoms with Gasteiger partial charge in [0.1, 0.15) is 11.6 Å². The van der Waals surface area contributed by atoms with E-state index in [2.05, 4.69) is 30.7 Å². The molecule has 0 spiro atoms. The number of rotatable bonds is 10. The third kappa shape index (κ3) is 5.74. The summed E-state index contributed by atoms with van der Waals surface area (Å²) in [5, 5.41) is 21.1. The Kier molecular flexibility index (Phi) is 7.33. The summed E-state index contributed by atoms with van der Waals surface area (Å²) in [7, 11) is 1.64. The summed E-state index contributed by atoms with van der Waals surface area (Å²) in [5.74, 6) is 2.22. The molecular weight excluding hydrogens is 468 g/mol. The van der Waals surface area contributed by atoms with Crippen molar-refractivity contribution in [2.45, 2.75) is 12.6 Å². The first-order valence-corrected chi connectivity index (χ1v) is 11.8. The van der Waals surface area contributed by atoms with Crippen LogP contribution in [0, 0.1) is 0 Å². The van der Waals surface area contributed by atoms with E-state index in [9.17, 15) is 5.11 Å². The normalized spacial score (nSPS) is 11.6. The van der Waals surface area contributed by atoms with Gasteiger partial charge in [-0.1, -0.05) is 47.6 Å². The van der Waals surface area contributed by atoms with Crippen molar-refractivity contribution >= 4 is 11.5 Å². The number of aliphatic hydroxyl groups excluding tert-OH is 1. The zero-order valence-corrected chi connectivity index (χ0v) is 20.2. The topological polar surface area (TPSA) is 118 Å². The fourth-order valence-corrected chi connectivity index (χ4v) is 3.84. The van der Waals surface area contributed by atoms with Crippen LogP contribution in [0.1, 0.15) is 17.2 Å². The minimum absolute atomic E-state index is 0.105. The second kappa shape index (κ2) is 11.3. The molecule has 0 fully saturated rings. The fourth-order valence-electron chi connectivity index (χ4n) is 3.84. The number of ether oxygens (including phenoxy) is 1. The molecule has 9 nitrogen and oxygen atoms in total. The Morgan fingerprint density at radius 2 is 1.78 bits per heavy atom. The van der Waals surface area contributed by atoms with Crippen molar-refractivity contribution in [1.82, 2.24) is 20.1 Å². The minimum atomic E-state index is -0.348. The highest BCUT2D eigenvalue weighted by molar-refractivity contribution is 5.75. The molecule has 186 valence electrons.